The van der Waals surface area contributed by atoms with Crippen molar-refractivity contribution in [3.8, 4) is 0 Å². The number of nitrogens with one attached hydrogen (secondary N) is 1. The summed E-state index contributed by atoms with van der Waals surface area (Å²) in [4.78, 5) is 25.4. The third-order valence-corrected chi connectivity index (χ3v) is 2.53. The van der Waals surface area contributed by atoms with Gasteiger partial charge < -0.3 is 9.41 Å². The van der Waals surface area contributed by atoms with Crippen LogP contribution in [0.4, 0.5) is 0 Å². The van der Waals surface area contributed by atoms with Gasteiger partial charge in [-0.25, -0.2) is 4.79 Å². The lowest BCUT2D eigenvalue weighted by molar-refractivity contribution is 0.0748. The van der Waals surface area contributed by atoms with Crippen molar-refractivity contribution in [2.45, 2.75) is 0 Å². The third kappa shape index (κ3) is 1.69. The van der Waals surface area contributed by atoms with E-state index in [4.69, 9.17) is 0 Å². The van der Waals surface area contributed by atoms with Crippen LogP contribution in [0.1, 0.15) is 10.4 Å². The van der Waals surface area contributed by atoms with Crippen LogP contribution < -0.4 is 5.56 Å². The van der Waals surface area contributed by atoms with Crippen LogP contribution in [-0.2, 0) is 4.43 Å². The number of aromatic nitrogens is 1. The Morgan fingerprint density at radius 1 is 1.33 bits per heavy atom. The quantitative estimate of drug-likeness (QED) is 0.685. The van der Waals surface area contributed by atoms with Crippen LogP contribution >= 0.6 is 0 Å². The number of benzene rings is 1. The van der Waals surface area contributed by atoms with Gasteiger partial charge in [-0.15, -0.1) is 0 Å². The molecule has 0 aliphatic heterocycles. The summed E-state index contributed by atoms with van der Waals surface area (Å²) in [5, 5.41) is 0.819. The molecule has 2 aromatic rings. The second kappa shape index (κ2) is 3.70. The van der Waals surface area contributed by atoms with E-state index in [2.05, 4.69) is 9.41 Å². The molecule has 0 aliphatic rings. The Morgan fingerprint density at radius 2 is 2.07 bits per heavy atom. The van der Waals surface area contributed by atoms with Gasteiger partial charge in [-0.05, 0) is 17.5 Å². The number of carbonyl (C=O) groups is 1. The predicted molar refractivity (Wildman–Crippen MR) is 59.9 cm³/mol. The molecule has 0 radical (unpaired) electrons. The van der Waals surface area contributed by atoms with Gasteiger partial charge in [0.2, 0.25) is 10.5 Å². The molecule has 1 aromatic heterocycles. The first-order chi connectivity index (χ1) is 7.22. The summed E-state index contributed by atoms with van der Waals surface area (Å²) in [5.74, 6) is -0.561. The van der Waals surface area contributed by atoms with Crippen molar-refractivity contribution in [2.75, 3.05) is 0 Å². The van der Waals surface area contributed by atoms with Gasteiger partial charge in [0, 0.05) is 5.52 Å². The van der Waals surface area contributed by atoms with Gasteiger partial charge >= 0.3 is 5.97 Å². The molecule has 0 atom stereocenters. The van der Waals surface area contributed by atoms with Gasteiger partial charge in [-0.1, -0.05) is 18.2 Å². The van der Waals surface area contributed by atoms with Gasteiger partial charge in [-0.3, -0.25) is 4.79 Å². The van der Waals surface area contributed by atoms with Crippen molar-refractivity contribution >= 4 is 27.4 Å². The molecule has 1 N–H and O–H groups in total. The minimum Gasteiger partial charge on any atom is -0.525 e. The van der Waals surface area contributed by atoms with Crippen LogP contribution in [0.2, 0.25) is 0 Å². The van der Waals surface area contributed by atoms with Gasteiger partial charge in [0.15, 0.2) is 0 Å². The van der Waals surface area contributed by atoms with Crippen LogP contribution in [0, 0.1) is 0 Å². The summed E-state index contributed by atoms with van der Waals surface area (Å²) in [6, 6.07) is 8.83. The summed E-state index contributed by atoms with van der Waals surface area (Å²) in [7, 11) is 0.284. The van der Waals surface area contributed by atoms with E-state index >= 15 is 0 Å². The molecule has 0 saturated heterocycles. The van der Waals surface area contributed by atoms with Crippen LogP contribution in [0.5, 0.6) is 0 Å². The zero-order valence-corrected chi connectivity index (χ0v) is 10.1. The lowest BCUT2D eigenvalue weighted by Gasteiger charge is -2.01. The molecular formula is C10H9NO3Si. The Morgan fingerprint density at radius 3 is 2.80 bits per heavy atom. The fraction of sp³-hybridized carbons (Fsp3) is 0. The molecule has 15 heavy (non-hydrogen) atoms. The lowest BCUT2D eigenvalue weighted by atomic mass is 10.1. The van der Waals surface area contributed by atoms with Crippen LogP contribution in [0.25, 0.3) is 10.9 Å². The van der Waals surface area contributed by atoms with Crippen molar-refractivity contribution in [3.05, 3.63) is 46.2 Å². The Labute approximate surface area is 88.4 Å². The molecule has 4 nitrogen and oxygen atoms in total. The topological polar surface area (TPSA) is 59.2 Å². The van der Waals surface area contributed by atoms with E-state index < -0.39 is 11.5 Å². The van der Waals surface area contributed by atoms with Gasteiger partial charge in [0.05, 0.1) is 0 Å². The Kier molecular flexibility index (Phi) is 2.38. The van der Waals surface area contributed by atoms with E-state index in [-0.39, 0.29) is 16.0 Å². The Hall–Kier alpha value is -1.88. The van der Waals surface area contributed by atoms with E-state index in [0.29, 0.717) is 5.52 Å². The summed E-state index contributed by atoms with van der Waals surface area (Å²) in [5.41, 5.74) is 0.366. The van der Waals surface area contributed by atoms with Crippen molar-refractivity contribution in [3.63, 3.8) is 0 Å². The monoisotopic (exact) mass is 219 g/mol. The van der Waals surface area contributed by atoms with Crippen molar-refractivity contribution in [2.24, 2.45) is 0 Å². The molecule has 0 unspecified atom stereocenters. The zero-order chi connectivity index (χ0) is 10.8. The second-order valence-corrected chi connectivity index (χ2v) is 3.50. The summed E-state index contributed by atoms with van der Waals surface area (Å²) in [6.07, 6.45) is 0. The number of fused-ring (bicyclic) bond motifs is 1. The molecule has 2 rings (SSSR count). The summed E-state index contributed by atoms with van der Waals surface area (Å²) in [6.45, 7) is 0. The van der Waals surface area contributed by atoms with Gasteiger partial charge in [0.25, 0.3) is 5.56 Å². The SMILES string of the molecule is O=C(O[SiH3])c1cc2ccccc2[nH]c1=O. The highest BCUT2D eigenvalue weighted by Crippen LogP contribution is 2.10. The number of hydrogen-bond acceptors (Lipinski definition) is 3. The maximum atomic E-state index is 11.5. The number of hydrogen-bond donors (Lipinski definition) is 1. The minimum absolute atomic E-state index is 0.0590. The van der Waals surface area contributed by atoms with E-state index in [0.717, 1.165) is 5.39 Å². The standard InChI is InChI=1S/C10H9NO3Si/c12-9-7(10(13)14-15)5-6-3-1-2-4-8(6)11-9/h1-5H,15H3,(H,11,12). The molecule has 0 spiro atoms. The number of para-hydroxylation sites is 1. The molecule has 1 heterocycles. The number of pyridine rings is 1. The van der Waals surface area contributed by atoms with Crippen LogP contribution in [-0.4, -0.2) is 21.4 Å². The normalized spacial score (nSPS) is 10.4. The first-order valence-electron chi connectivity index (χ1n) is 4.43. The fourth-order valence-electron chi connectivity index (χ4n) is 1.41. The zero-order valence-electron chi connectivity index (χ0n) is 8.11. The average Bonchev–Trinajstić information content (AvgIpc) is 2.27. The van der Waals surface area contributed by atoms with Gasteiger partial charge in [0.1, 0.15) is 5.56 Å². The number of rotatable bonds is 1. The second-order valence-electron chi connectivity index (χ2n) is 3.09. The van der Waals surface area contributed by atoms with Crippen LogP contribution in [0.15, 0.2) is 35.1 Å². The first kappa shape index (κ1) is 9.66. The van der Waals surface area contributed by atoms with E-state index in [1.807, 2.05) is 18.2 Å². The molecule has 0 aliphatic carbocycles. The lowest BCUT2D eigenvalue weighted by Crippen LogP contribution is -2.18. The van der Waals surface area contributed by atoms with Crippen molar-refractivity contribution < 1.29 is 9.22 Å². The first-order valence-corrected chi connectivity index (χ1v) is 5.24. The molecule has 0 bridgehead atoms. The Balaban J connectivity index is 2.73. The fourth-order valence-corrected chi connectivity index (χ4v) is 1.63. The molecule has 0 fully saturated rings. The highest BCUT2D eigenvalue weighted by Gasteiger charge is 2.10. The molecule has 0 saturated carbocycles. The molecule has 0 amide bonds. The Bertz CT molecular complexity index is 576. The molecule has 76 valence electrons. The molecule has 1 aromatic carbocycles. The average molecular weight is 219 g/mol. The third-order valence-electron chi connectivity index (χ3n) is 2.16. The van der Waals surface area contributed by atoms with Gasteiger partial charge in [-0.2, -0.15) is 0 Å². The summed E-state index contributed by atoms with van der Waals surface area (Å²) >= 11 is 0. The molecule has 5 heteroatoms. The minimum atomic E-state index is -0.561. The molecular weight excluding hydrogens is 210 g/mol. The maximum absolute atomic E-state index is 11.5. The number of aromatic amines is 1. The van der Waals surface area contributed by atoms with Crippen molar-refractivity contribution in [1.29, 1.82) is 0 Å². The predicted octanol–water partition coefficient (Wildman–Crippen LogP) is -0.0347. The highest BCUT2D eigenvalue weighted by atomic mass is 28.2. The number of carbonyl (C=O) groups excluding carboxylic acids is 1. The van der Waals surface area contributed by atoms with E-state index in [1.165, 1.54) is 0 Å². The van der Waals surface area contributed by atoms with E-state index in [9.17, 15) is 9.59 Å². The largest absolute Gasteiger partial charge is 0.525 e. The summed E-state index contributed by atoms with van der Waals surface area (Å²) < 4.78 is 4.65. The van der Waals surface area contributed by atoms with E-state index in [1.54, 1.807) is 12.1 Å². The highest BCUT2D eigenvalue weighted by molar-refractivity contribution is 6.09. The number of H-pyrrole nitrogens is 1. The van der Waals surface area contributed by atoms with Crippen LogP contribution in [0.3, 0.4) is 0 Å². The van der Waals surface area contributed by atoms with Crippen molar-refractivity contribution in [1.82, 2.24) is 4.98 Å². The maximum Gasteiger partial charge on any atom is 0.329 e. The smallest absolute Gasteiger partial charge is 0.329 e.